The van der Waals surface area contributed by atoms with Crippen LogP contribution in [0.5, 0.6) is 0 Å². The quantitative estimate of drug-likeness (QED) is 0.673. The molecule has 5 heterocycles. The molecule has 0 radical (unpaired) electrons. The van der Waals surface area contributed by atoms with Crippen LogP contribution in [0, 0.1) is 13.8 Å². The monoisotopic (exact) mass is 398 g/mol. The number of carbonyl (C=O) groups excluding carboxylic acids is 1. The van der Waals surface area contributed by atoms with Crippen molar-refractivity contribution >= 4 is 28.6 Å². The van der Waals surface area contributed by atoms with E-state index in [1.165, 1.54) is 10.4 Å². The molecule has 0 N–H and O–H groups in total. The molecule has 140 valence electrons. The number of thiophene rings is 1. The molecular formula is C20H22N4OS2. The third kappa shape index (κ3) is 2.94. The van der Waals surface area contributed by atoms with Crippen LogP contribution in [0.3, 0.4) is 0 Å². The highest BCUT2D eigenvalue weighted by Crippen LogP contribution is 2.35. The number of nitrogens with zero attached hydrogens (tertiary/aromatic N) is 4. The van der Waals surface area contributed by atoms with Gasteiger partial charge in [-0.25, -0.2) is 4.98 Å². The molecule has 7 heteroatoms. The number of fused-ring (bicyclic) bond motifs is 3. The first-order chi connectivity index (χ1) is 13.1. The van der Waals surface area contributed by atoms with Gasteiger partial charge in [-0.15, -0.1) is 22.7 Å². The Morgan fingerprint density at radius 1 is 1.15 bits per heavy atom. The molecule has 0 bridgehead atoms. The Labute approximate surface area is 166 Å². The number of thiazole rings is 1. The van der Waals surface area contributed by atoms with Gasteiger partial charge in [-0.3, -0.25) is 9.69 Å². The Hall–Kier alpha value is -1.96. The number of likely N-dealkylation sites (tertiary alicyclic amines) is 1. The summed E-state index contributed by atoms with van der Waals surface area (Å²) in [6.07, 6.45) is 2.06. The summed E-state index contributed by atoms with van der Waals surface area (Å²) in [6.45, 7) is 7.64. The van der Waals surface area contributed by atoms with E-state index in [4.69, 9.17) is 0 Å². The van der Waals surface area contributed by atoms with Gasteiger partial charge in [0, 0.05) is 36.1 Å². The fourth-order valence-corrected chi connectivity index (χ4v) is 5.88. The summed E-state index contributed by atoms with van der Waals surface area (Å²) >= 11 is 3.47. The second-order valence-electron chi connectivity index (χ2n) is 7.45. The second-order valence-corrected chi connectivity index (χ2v) is 9.51. The number of hydrogen-bond acceptors (Lipinski definition) is 5. The normalized spacial score (nSPS) is 22.3. The van der Waals surface area contributed by atoms with Crippen LogP contribution < -0.4 is 0 Å². The van der Waals surface area contributed by atoms with Crippen molar-refractivity contribution in [1.82, 2.24) is 19.4 Å². The van der Waals surface area contributed by atoms with Crippen molar-refractivity contribution in [3.8, 4) is 0 Å². The van der Waals surface area contributed by atoms with E-state index < -0.39 is 0 Å². The molecule has 0 saturated carbocycles. The summed E-state index contributed by atoms with van der Waals surface area (Å²) < 4.78 is 2.19. The standard InChI is InChI=1S/C20H22N4OS2/c1-13-5-7-26-19(13)11-22-9-17-18(10-22)24(8-15-12-27-14(2)21-15)20(25)16-4-3-6-23(16)17/h3-7,12,17-18H,8-11H2,1-2H3. The molecular weight excluding hydrogens is 376 g/mol. The number of rotatable bonds is 4. The maximum atomic E-state index is 13.2. The maximum absolute atomic E-state index is 13.2. The van der Waals surface area contributed by atoms with Gasteiger partial charge in [0.25, 0.3) is 5.91 Å². The maximum Gasteiger partial charge on any atom is 0.271 e. The predicted octanol–water partition coefficient (Wildman–Crippen LogP) is 3.70. The zero-order valence-corrected chi connectivity index (χ0v) is 17.1. The minimum Gasteiger partial charge on any atom is -0.337 e. The molecule has 27 heavy (non-hydrogen) atoms. The van der Waals surface area contributed by atoms with Crippen molar-refractivity contribution in [3.05, 3.63) is 62.0 Å². The average Bonchev–Trinajstić information content (AvgIpc) is 3.40. The minimum absolute atomic E-state index is 0.126. The lowest BCUT2D eigenvalue weighted by molar-refractivity contribution is 0.0554. The van der Waals surface area contributed by atoms with Gasteiger partial charge in [0.2, 0.25) is 0 Å². The summed E-state index contributed by atoms with van der Waals surface area (Å²) in [5, 5.41) is 5.29. The molecule has 0 spiro atoms. The van der Waals surface area contributed by atoms with Gasteiger partial charge in [0.1, 0.15) is 5.69 Å². The van der Waals surface area contributed by atoms with Crippen molar-refractivity contribution < 1.29 is 4.79 Å². The third-order valence-corrected chi connectivity index (χ3v) is 7.52. The van der Waals surface area contributed by atoms with E-state index in [2.05, 4.69) is 49.3 Å². The van der Waals surface area contributed by atoms with Gasteiger partial charge < -0.3 is 9.47 Å². The molecule has 2 atom stereocenters. The topological polar surface area (TPSA) is 41.4 Å². The van der Waals surface area contributed by atoms with E-state index in [1.54, 1.807) is 11.3 Å². The number of aryl methyl sites for hydroxylation is 2. The van der Waals surface area contributed by atoms with Crippen LogP contribution in [0.4, 0.5) is 0 Å². The molecule has 0 aromatic carbocycles. The largest absolute Gasteiger partial charge is 0.337 e. The third-order valence-electron chi connectivity index (χ3n) is 5.69. The van der Waals surface area contributed by atoms with Crippen LogP contribution in [0.1, 0.15) is 37.7 Å². The summed E-state index contributed by atoms with van der Waals surface area (Å²) in [4.78, 5) is 23.7. The lowest BCUT2D eigenvalue weighted by Gasteiger charge is -2.38. The fraction of sp³-hybridized carbons (Fsp3) is 0.400. The van der Waals surface area contributed by atoms with Crippen molar-refractivity contribution in [2.24, 2.45) is 0 Å². The first-order valence-corrected chi connectivity index (χ1v) is 11.0. The number of hydrogen-bond donors (Lipinski definition) is 0. The van der Waals surface area contributed by atoms with Crippen LogP contribution in [0.15, 0.2) is 35.2 Å². The van der Waals surface area contributed by atoms with E-state index in [-0.39, 0.29) is 11.9 Å². The van der Waals surface area contributed by atoms with Crippen LogP contribution in [0.2, 0.25) is 0 Å². The molecule has 5 nitrogen and oxygen atoms in total. The Morgan fingerprint density at radius 2 is 2.00 bits per heavy atom. The Balaban J connectivity index is 1.44. The summed E-state index contributed by atoms with van der Waals surface area (Å²) in [5.41, 5.74) is 3.16. The molecule has 2 unspecified atom stereocenters. The van der Waals surface area contributed by atoms with E-state index in [0.717, 1.165) is 36.0 Å². The average molecular weight is 399 g/mol. The van der Waals surface area contributed by atoms with Crippen LogP contribution in [0.25, 0.3) is 0 Å². The zero-order chi connectivity index (χ0) is 18.5. The molecule has 3 aromatic rings. The lowest BCUT2D eigenvalue weighted by Crippen LogP contribution is -2.49. The number of aromatic nitrogens is 2. The molecule has 3 aromatic heterocycles. The second kappa shape index (κ2) is 6.58. The van der Waals surface area contributed by atoms with E-state index in [0.29, 0.717) is 12.6 Å². The highest BCUT2D eigenvalue weighted by molar-refractivity contribution is 7.10. The van der Waals surface area contributed by atoms with Gasteiger partial charge >= 0.3 is 0 Å². The summed E-state index contributed by atoms with van der Waals surface area (Å²) in [5.74, 6) is 0.126. The van der Waals surface area contributed by atoms with Gasteiger partial charge in [-0.05, 0) is 43.0 Å². The van der Waals surface area contributed by atoms with E-state index in [1.807, 2.05) is 30.4 Å². The SMILES string of the molecule is Cc1nc(CN2C(=O)c3cccn3C3CN(Cc4sccc4C)CC32)cs1. The van der Waals surface area contributed by atoms with E-state index >= 15 is 0 Å². The Kier molecular flexibility index (Phi) is 4.18. The smallest absolute Gasteiger partial charge is 0.271 e. The number of amides is 1. The van der Waals surface area contributed by atoms with Crippen molar-refractivity contribution in [2.45, 2.75) is 39.0 Å². The van der Waals surface area contributed by atoms with Gasteiger partial charge in [-0.1, -0.05) is 0 Å². The van der Waals surface area contributed by atoms with Crippen LogP contribution >= 0.6 is 22.7 Å². The number of carbonyl (C=O) groups is 1. The Bertz CT molecular complexity index is 988. The molecule has 1 saturated heterocycles. The summed E-state index contributed by atoms with van der Waals surface area (Å²) in [6, 6.07) is 6.64. The Morgan fingerprint density at radius 3 is 2.74 bits per heavy atom. The predicted molar refractivity (Wildman–Crippen MR) is 108 cm³/mol. The van der Waals surface area contributed by atoms with Crippen LogP contribution in [-0.2, 0) is 13.1 Å². The highest BCUT2D eigenvalue weighted by Gasteiger charge is 2.45. The molecule has 2 aliphatic rings. The van der Waals surface area contributed by atoms with Crippen molar-refractivity contribution in [3.63, 3.8) is 0 Å². The molecule has 1 fully saturated rings. The fourth-order valence-electron chi connectivity index (χ4n) is 4.33. The van der Waals surface area contributed by atoms with Gasteiger partial charge in [0.15, 0.2) is 0 Å². The zero-order valence-electron chi connectivity index (χ0n) is 15.5. The molecule has 5 rings (SSSR count). The first-order valence-electron chi connectivity index (χ1n) is 9.24. The molecule has 1 amide bonds. The lowest BCUT2D eigenvalue weighted by atomic mass is 10.1. The first kappa shape index (κ1) is 17.2. The van der Waals surface area contributed by atoms with Gasteiger partial charge in [-0.2, -0.15) is 0 Å². The van der Waals surface area contributed by atoms with Crippen molar-refractivity contribution in [2.75, 3.05) is 13.1 Å². The van der Waals surface area contributed by atoms with Gasteiger partial charge in [0.05, 0.1) is 29.3 Å². The van der Waals surface area contributed by atoms with Crippen molar-refractivity contribution in [1.29, 1.82) is 0 Å². The molecule has 2 aliphatic heterocycles. The molecule has 0 aliphatic carbocycles. The summed E-state index contributed by atoms with van der Waals surface area (Å²) in [7, 11) is 0. The highest BCUT2D eigenvalue weighted by atomic mass is 32.1. The van der Waals surface area contributed by atoms with Crippen LogP contribution in [-0.4, -0.2) is 44.4 Å². The van der Waals surface area contributed by atoms with E-state index in [9.17, 15) is 4.79 Å². The minimum atomic E-state index is 0.126.